The van der Waals surface area contributed by atoms with E-state index in [-0.39, 0.29) is 12.0 Å². The molecule has 0 saturated carbocycles. The van der Waals surface area contributed by atoms with Gasteiger partial charge in [0.05, 0.1) is 17.6 Å². The molecule has 0 aliphatic carbocycles. The van der Waals surface area contributed by atoms with Crippen molar-refractivity contribution in [3.05, 3.63) is 36.5 Å². The van der Waals surface area contributed by atoms with Gasteiger partial charge in [0.1, 0.15) is 17.7 Å². The predicted octanol–water partition coefficient (Wildman–Crippen LogP) is 2.46. The number of aryl methyl sites for hydroxylation is 1. The highest BCUT2D eigenvalue weighted by molar-refractivity contribution is 5.95. The zero-order valence-corrected chi connectivity index (χ0v) is 14.2. The van der Waals surface area contributed by atoms with Crippen LogP contribution in [0, 0.1) is 6.92 Å². The Kier molecular flexibility index (Phi) is 3.93. The number of carbonyl (C=O) groups is 1. The molecular formula is C18H19N5O2. The molecule has 25 heavy (non-hydrogen) atoms. The number of aromatic nitrogens is 4. The number of pyridine rings is 2. The molecule has 7 nitrogen and oxygen atoms in total. The highest BCUT2D eigenvalue weighted by Gasteiger charge is 2.23. The molecular weight excluding hydrogens is 318 g/mol. The zero-order chi connectivity index (χ0) is 17.4. The summed E-state index contributed by atoms with van der Waals surface area (Å²) < 4.78 is 7.40. The van der Waals surface area contributed by atoms with Gasteiger partial charge >= 0.3 is 0 Å². The summed E-state index contributed by atoms with van der Waals surface area (Å²) in [6, 6.07) is 3.84. The van der Waals surface area contributed by atoms with Gasteiger partial charge in [-0.1, -0.05) is 0 Å². The molecule has 0 radical (unpaired) electrons. The van der Waals surface area contributed by atoms with E-state index in [9.17, 15) is 4.79 Å². The maximum Gasteiger partial charge on any atom is 0.254 e. The summed E-state index contributed by atoms with van der Waals surface area (Å²) in [4.78, 5) is 25.3. The van der Waals surface area contributed by atoms with Crippen LogP contribution in [0.1, 0.15) is 18.7 Å². The van der Waals surface area contributed by atoms with E-state index in [4.69, 9.17) is 4.74 Å². The molecule has 4 heterocycles. The minimum absolute atomic E-state index is 0.138. The van der Waals surface area contributed by atoms with Crippen molar-refractivity contribution < 1.29 is 9.53 Å². The maximum atomic E-state index is 12.2. The Labute approximate surface area is 145 Å². The standard InChI is InChI=1S/C18H19N5O2/c1-11-19-10-15(23(11)2)14-6-12-7-17(21-9-13(12)8-20-14)22-18(24)16-4-3-5-25-16/h6-10,16H,3-5H2,1-2H3,(H,21,22,24)/t16-/m0/s1. The average Bonchev–Trinajstić information content (AvgIpc) is 3.26. The largest absolute Gasteiger partial charge is 0.368 e. The fourth-order valence-corrected chi connectivity index (χ4v) is 2.98. The lowest BCUT2D eigenvalue weighted by Crippen LogP contribution is -2.27. The van der Waals surface area contributed by atoms with Crippen molar-refractivity contribution in [2.45, 2.75) is 25.9 Å². The number of carbonyl (C=O) groups excluding carboxylic acids is 1. The smallest absolute Gasteiger partial charge is 0.254 e. The molecule has 0 bridgehead atoms. The Bertz CT molecular complexity index is 944. The van der Waals surface area contributed by atoms with Gasteiger partial charge in [-0.25, -0.2) is 9.97 Å². The van der Waals surface area contributed by atoms with Crippen LogP contribution in [0.4, 0.5) is 5.82 Å². The molecule has 1 saturated heterocycles. The van der Waals surface area contributed by atoms with E-state index in [1.165, 1.54) is 0 Å². The first-order valence-electron chi connectivity index (χ1n) is 8.29. The highest BCUT2D eigenvalue weighted by atomic mass is 16.5. The van der Waals surface area contributed by atoms with Gasteiger partial charge in [0.25, 0.3) is 5.91 Å². The average molecular weight is 337 g/mol. The minimum atomic E-state index is -0.372. The van der Waals surface area contributed by atoms with Crippen molar-refractivity contribution in [3.8, 4) is 11.4 Å². The number of fused-ring (bicyclic) bond motifs is 1. The Morgan fingerprint density at radius 2 is 2.04 bits per heavy atom. The fraction of sp³-hybridized carbons (Fsp3) is 0.333. The molecule has 4 rings (SSSR count). The van der Waals surface area contributed by atoms with Gasteiger partial charge in [-0.15, -0.1) is 0 Å². The molecule has 1 amide bonds. The first-order valence-corrected chi connectivity index (χ1v) is 8.29. The summed E-state index contributed by atoms with van der Waals surface area (Å²) in [5.74, 6) is 1.31. The Morgan fingerprint density at radius 1 is 1.20 bits per heavy atom. The van der Waals surface area contributed by atoms with Crippen LogP contribution in [-0.2, 0) is 16.6 Å². The van der Waals surface area contributed by atoms with Crippen LogP contribution in [0.3, 0.4) is 0 Å². The van der Waals surface area contributed by atoms with E-state index >= 15 is 0 Å². The molecule has 0 aromatic carbocycles. The van der Waals surface area contributed by atoms with Crippen molar-refractivity contribution in [3.63, 3.8) is 0 Å². The van der Waals surface area contributed by atoms with E-state index < -0.39 is 0 Å². The maximum absolute atomic E-state index is 12.2. The van der Waals surface area contributed by atoms with Gasteiger partial charge in [-0.05, 0) is 37.3 Å². The van der Waals surface area contributed by atoms with Gasteiger partial charge in [-0.2, -0.15) is 0 Å². The summed E-state index contributed by atoms with van der Waals surface area (Å²) in [6.07, 6.45) is 6.61. The molecule has 3 aromatic heterocycles. The van der Waals surface area contributed by atoms with Crippen LogP contribution < -0.4 is 5.32 Å². The third-order valence-electron chi connectivity index (χ3n) is 4.56. The predicted molar refractivity (Wildman–Crippen MR) is 94.1 cm³/mol. The second-order valence-corrected chi connectivity index (χ2v) is 6.23. The number of imidazole rings is 1. The third-order valence-corrected chi connectivity index (χ3v) is 4.56. The number of nitrogens with one attached hydrogen (secondary N) is 1. The molecule has 3 aromatic rings. The lowest BCUT2D eigenvalue weighted by atomic mass is 10.1. The lowest BCUT2D eigenvalue weighted by Gasteiger charge is -2.10. The van der Waals surface area contributed by atoms with Crippen molar-refractivity contribution in [2.75, 3.05) is 11.9 Å². The van der Waals surface area contributed by atoms with E-state index in [1.807, 2.05) is 36.9 Å². The minimum Gasteiger partial charge on any atom is -0.368 e. The first kappa shape index (κ1) is 15.7. The molecule has 1 fully saturated rings. The number of amides is 1. The van der Waals surface area contributed by atoms with Gasteiger partial charge < -0.3 is 14.6 Å². The number of hydrogen-bond acceptors (Lipinski definition) is 5. The van der Waals surface area contributed by atoms with Crippen molar-refractivity contribution in [1.82, 2.24) is 19.5 Å². The van der Waals surface area contributed by atoms with Crippen LogP contribution in [0.25, 0.3) is 22.2 Å². The van der Waals surface area contributed by atoms with Crippen molar-refractivity contribution in [1.29, 1.82) is 0 Å². The molecule has 0 unspecified atom stereocenters. The number of hydrogen-bond donors (Lipinski definition) is 1. The topological polar surface area (TPSA) is 81.9 Å². The summed E-state index contributed by atoms with van der Waals surface area (Å²) in [5.41, 5.74) is 1.78. The van der Waals surface area contributed by atoms with Gasteiger partial charge in [0.15, 0.2) is 0 Å². The van der Waals surface area contributed by atoms with E-state index in [0.29, 0.717) is 12.4 Å². The number of ether oxygens (including phenoxy) is 1. The van der Waals surface area contributed by atoms with Gasteiger partial charge in [0.2, 0.25) is 0 Å². The molecule has 1 aliphatic heterocycles. The summed E-state index contributed by atoms with van der Waals surface area (Å²) in [5, 5.41) is 4.71. The van der Waals surface area contributed by atoms with E-state index in [1.54, 1.807) is 12.4 Å². The van der Waals surface area contributed by atoms with Gasteiger partial charge in [-0.3, -0.25) is 9.78 Å². The summed E-state index contributed by atoms with van der Waals surface area (Å²) in [6.45, 7) is 2.59. The molecule has 1 N–H and O–H groups in total. The lowest BCUT2D eigenvalue weighted by molar-refractivity contribution is -0.124. The Hall–Kier alpha value is -2.80. The van der Waals surface area contributed by atoms with E-state index in [2.05, 4.69) is 20.3 Å². The first-order chi connectivity index (χ1) is 12.1. The highest BCUT2D eigenvalue weighted by Crippen LogP contribution is 2.24. The van der Waals surface area contributed by atoms with Crippen molar-refractivity contribution in [2.24, 2.45) is 7.05 Å². The normalized spacial score (nSPS) is 17.1. The second kappa shape index (κ2) is 6.25. The fourth-order valence-electron chi connectivity index (χ4n) is 2.98. The van der Waals surface area contributed by atoms with Crippen LogP contribution in [0.15, 0.2) is 30.7 Å². The SMILES string of the molecule is Cc1ncc(-c2cc3cc(NC(=O)[C@@H]4CCCO4)ncc3cn2)n1C. The van der Waals surface area contributed by atoms with Crippen molar-refractivity contribution >= 4 is 22.5 Å². The number of rotatable bonds is 3. The summed E-state index contributed by atoms with van der Waals surface area (Å²) >= 11 is 0. The Morgan fingerprint density at radius 3 is 2.76 bits per heavy atom. The molecule has 7 heteroatoms. The third kappa shape index (κ3) is 2.98. The molecule has 0 spiro atoms. The molecule has 1 aliphatic rings. The zero-order valence-electron chi connectivity index (χ0n) is 14.2. The van der Waals surface area contributed by atoms with Crippen LogP contribution in [0.5, 0.6) is 0 Å². The van der Waals surface area contributed by atoms with Crippen LogP contribution in [0.2, 0.25) is 0 Å². The monoisotopic (exact) mass is 337 g/mol. The molecule has 128 valence electrons. The van der Waals surface area contributed by atoms with E-state index in [0.717, 1.165) is 40.8 Å². The number of anilines is 1. The van der Waals surface area contributed by atoms with Gasteiger partial charge in [0, 0.05) is 31.4 Å². The second-order valence-electron chi connectivity index (χ2n) is 6.23. The quantitative estimate of drug-likeness (QED) is 0.794. The number of nitrogens with zero attached hydrogens (tertiary/aromatic N) is 4. The van der Waals surface area contributed by atoms with Crippen LogP contribution >= 0.6 is 0 Å². The van der Waals surface area contributed by atoms with Crippen LogP contribution in [-0.4, -0.2) is 38.1 Å². The Balaban J connectivity index is 1.64. The molecule has 1 atom stereocenters. The summed E-state index contributed by atoms with van der Waals surface area (Å²) in [7, 11) is 1.96.